The van der Waals surface area contributed by atoms with Crippen LogP contribution in [0.25, 0.3) is 11.0 Å². The third kappa shape index (κ3) is 6.75. The topological polar surface area (TPSA) is 162 Å². The summed E-state index contributed by atoms with van der Waals surface area (Å²) in [7, 11) is 1.31. The summed E-state index contributed by atoms with van der Waals surface area (Å²) in [6.45, 7) is 13.9. The van der Waals surface area contributed by atoms with Crippen molar-refractivity contribution >= 4 is 28.9 Å². The van der Waals surface area contributed by atoms with E-state index in [1.54, 1.807) is 0 Å². The number of methoxy groups -OCH3 is 1. The van der Waals surface area contributed by atoms with Gasteiger partial charge in [-0.2, -0.15) is 0 Å². The number of aromatic nitrogens is 4. The highest BCUT2D eigenvalue weighted by molar-refractivity contribution is 5.86. The zero-order chi connectivity index (χ0) is 36.0. The van der Waals surface area contributed by atoms with E-state index in [4.69, 9.17) is 20.4 Å². The Labute approximate surface area is 295 Å². The number of ether oxygens (including phenoxy) is 1. The number of carbonyl (C=O) groups excluding carboxylic acids is 3. The first-order chi connectivity index (χ1) is 23.7. The lowest BCUT2D eigenvalue weighted by atomic mass is 9.62. The number of rotatable bonds is 9. The molecule has 0 unspecified atom stereocenters. The molecule has 4 heterocycles. The lowest BCUT2D eigenvalue weighted by Crippen LogP contribution is -2.51. The van der Waals surface area contributed by atoms with Crippen LogP contribution in [0.5, 0.6) is 0 Å². The first kappa shape index (κ1) is 35.9. The van der Waals surface area contributed by atoms with Crippen molar-refractivity contribution in [1.29, 1.82) is 0 Å². The van der Waals surface area contributed by atoms with Gasteiger partial charge in [-0.15, -0.1) is 0 Å². The van der Waals surface area contributed by atoms with E-state index in [9.17, 15) is 14.4 Å². The number of hydrogen-bond acceptors (Lipinski definition) is 7. The van der Waals surface area contributed by atoms with Gasteiger partial charge < -0.3 is 35.6 Å². The molecule has 0 radical (unpaired) electrons. The van der Waals surface area contributed by atoms with Gasteiger partial charge in [0.25, 0.3) is 0 Å². The normalized spacial score (nSPS) is 26.9. The minimum atomic E-state index is -0.667. The molecule has 5 N–H and O–H groups in total. The molecular formula is C38H56N8O4. The Morgan fingerprint density at radius 3 is 2.14 bits per heavy atom. The molecule has 3 aliphatic rings. The molecule has 3 fully saturated rings. The number of nitrogens with one attached hydrogen (secondary N) is 3. The van der Waals surface area contributed by atoms with Crippen LogP contribution in [0.3, 0.4) is 0 Å². The van der Waals surface area contributed by atoms with Crippen LogP contribution < -0.4 is 11.1 Å². The Bertz CT molecular complexity index is 1700. The molecule has 4 atom stereocenters. The summed E-state index contributed by atoms with van der Waals surface area (Å²) < 4.78 is 4.78. The van der Waals surface area contributed by atoms with Crippen molar-refractivity contribution in [3.8, 4) is 0 Å². The lowest BCUT2D eigenvalue weighted by molar-refractivity contribution is -0.136. The smallest absolute Gasteiger partial charge is 0.407 e. The highest BCUT2D eigenvalue weighted by atomic mass is 16.5. The summed E-state index contributed by atoms with van der Waals surface area (Å²) in [6, 6.07) is 5.18. The molecule has 12 heteroatoms. The molecule has 0 spiro atoms. The largest absolute Gasteiger partial charge is 0.453 e. The molecule has 1 aromatic carbocycles. The molecule has 0 bridgehead atoms. The standard InChI is InChI=1S/C38H56N8O4/c1-22(2)30(39)34(47)45-18-8-10-27(45)32-40-21-29(43-32)38(6)16-14-37(5,15-17-38)24-12-13-25-26(20-24)42-33(41-25)28-11-9-19-46(28)35(48)31(23(3)4)44-36(49)50-7/h12-13,20-23,27-28,30-31H,8-11,14-19,39H2,1-7H3,(H,40,43)(H,41,42)(H,44,49)/t27-,28-,30-,31-,37?,38?/m0/s1. The minimum Gasteiger partial charge on any atom is -0.453 e. The third-order valence-electron chi connectivity index (χ3n) is 12.0. The number of likely N-dealkylation sites (tertiary alicyclic amines) is 2. The molecule has 2 aliphatic heterocycles. The number of imidazole rings is 2. The molecule has 1 saturated carbocycles. The average molecular weight is 689 g/mol. The molecule has 6 rings (SSSR count). The van der Waals surface area contributed by atoms with Crippen molar-refractivity contribution < 1.29 is 19.1 Å². The Balaban J connectivity index is 1.14. The number of H-pyrrole nitrogens is 2. The maximum absolute atomic E-state index is 13.6. The zero-order valence-corrected chi connectivity index (χ0v) is 30.8. The molecule has 50 heavy (non-hydrogen) atoms. The Hall–Kier alpha value is -3.93. The maximum Gasteiger partial charge on any atom is 0.407 e. The van der Waals surface area contributed by atoms with Crippen molar-refractivity contribution in [2.24, 2.45) is 17.6 Å². The number of nitrogens with two attached hydrogens (primary N) is 1. The van der Waals surface area contributed by atoms with Gasteiger partial charge in [0, 0.05) is 30.4 Å². The van der Waals surface area contributed by atoms with Gasteiger partial charge in [-0.1, -0.05) is 47.6 Å². The van der Waals surface area contributed by atoms with Crippen LogP contribution in [-0.2, 0) is 25.2 Å². The molecule has 1 aliphatic carbocycles. The van der Waals surface area contributed by atoms with Crippen LogP contribution in [0.2, 0.25) is 0 Å². The summed E-state index contributed by atoms with van der Waals surface area (Å²) in [5, 5.41) is 2.73. The highest BCUT2D eigenvalue weighted by Gasteiger charge is 2.42. The molecule has 272 valence electrons. The van der Waals surface area contributed by atoms with E-state index in [1.807, 2.05) is 43.7 Å². The van der Waals surface area contributed by atoms with Gasteiger partial charge >= 0.3 is 6.09 Å². The molecule has 3 amide bonds. The number of nitrogens with zero attached hydrogens (tertiary/aromatic N) is 4. The van der Waals surface area contributed by atoms with E-state index >= 15 is 0 Å². The highest BCUT2D eigenvalue weighted by Crippen LogP contribution is 2.48. The number of benzene rings is 1. The molecule has 12 nitrogen and oxygen atoms in total. The van der Waals surface area contributed by atoms with Gasteiger partial charge in [-0.25, -0.2) is 14.8 Å². The van der Waals surface area contributed by atoms with Gasteiger partial charge in [-0.05, 0) is 86.3 Å². The fraction of sp³-hybridized carbons (Fsp3) is 0.658. The van der Waals surface area contributed by atoms with Crippen molar-refractivity contribution in [2.45, 2.75) is 128 Å². The Morgan fingerprint density at radius 2 is 1.52 bits per heavy atom. The van der Waals surface area contributed by atoms with Gasteiger partial charge in [0.1, 0.15) is 17.7 Å². The Kier molecular flexibility index (Phi) is 10.0. The summed E-state index contributed by atoms with van der Waals surface area (Å²) in [4.78, 5) is 59.6. The van der Waals surface area contributed by atoms with E-state index in [-0.39, 0.29) is 46.6 Å². The van der Waals surface area contributed by atoms with E-state index in [0.29, 0.717) is 6.54 Å². The Morgan fingerprint density at radius 1 is 0.900 bits per heavy atom. The van der Waals surface area contributed by atoms with E-state index in [1.165, 1.54) is 12.7 Å². The quantitative estimate of drug-likeness (QED) is 0.222. The van der Waals surface area contributed by atoms with Gasteiger partial charge in [0.2, 0.25) is 11.8 Å². The van der Waals surface area contributed by atoms with E-state index < -0.39 is 18.2 Å². The van der Waals surface area contributed by atoms with Gasteiger partial charge in [-0.3, -0.25) is 9.59 Å². The van der Waals surface area contributed by atoms with Crippen molar-refractivity contribution in [3.05, 3.63) is 47.3 Å². The predicted octanol–water partition coefficient (Wildman–Crippen LogP) is 5.77. The second-order valence-electron chi connectivity index (χ2n) is 16.2. The third-order valence-corrected chi connectivity index (χ3v) is 12.0. The number of amides is 3. The molecule has 2 aromatic heterocycles. The average Bonchev–Trinajstić information content (AvgIpc) is 3.92. The van der Waals surface area contributed by atoms with Crippen LogP contribution in [0.1, 0.15) is 128 Å². The molecule has 2 saturated heterocycles. The van der Waals surface area contributed by atoms with Crippen LogP contribution in [-0.4, -0.2) is 79.9 Å². The number of alkyl carbamates (subject to hydrolysis) is 1. The summed E-state index contributed by atoms with van der Waals surface area (Å²) in [5.41, 5.74) is 10.5. The number of hydrogen-bond donors (Lipinski definition) is 4. The fourth-order valence-corrected chi connectivity index (χ4v) is 8.27. The van der Waals surface area contributed by atoms with Crippen LogP contribution in [0.15, 0.2) is 24.4 Å². The first-order valence-electron chi connectivity index (χ1n) is 18.5. The molecule has 3 aromatic rings. The van der Waals surface area contributed by atoms with Crippen molar-refractivity contribution in [2.75, 3.05) is 20.2 Å². The molecular weight excluding hydrogens is 632 g/mol. The van der Waals surface area contributed by atoms with Crippen LogP contribution >= 0.6 is 0 Å². The second-order valence-corrected chi connectivity index (χ2v) is 16.2. The number of aromatic amines is 2. The van der Waals surface area contributed by atoms with Gasteiger partial charge in [0.15, 0.2) is 0 Å². The van der Waals surface area contributed by atoms with Crippen molar-refractivity contribution in [1.82, 2.24) is 35.1 Å². The van der Waals surface area contributed by atoms with Gasteiger partial charge in [0.05, 0.1) is 36.3 Å². The summed E-state index contributed by atoms with van der Waals surface area (Å²) in [6.07, 6.45) is 8.99. The number of fused-ring (bicyclic) bond motifs is 1. The summed E-state index contributed by atoms with van der Waals surface area (Å²) in [5.74, 6) is 1.57. The maximum atomic E-state index is 13.6. The fourth-order valence-electron chi connectivity index (χ4n) is 8.27. The van der Waals surface area contributed by atoms with E-state index in [2.05, 4.69) is 47.3 Å². The minimum absolute atomic E-state index is 0.00325. The monoisotopic (exact) mass is 688 g/mol. The number of carbonyl (C=O) groups is 3. The SMILES string of the molecule is COC(=O)N[C@H](C(=O)N1CCC[C@H]1c1nc2cc(C3(C)CCC(C)(c4cnc([C@@H]5CCCN5C(=O)[C@@H](N)C(C)C)[nH]4)CC3)ccc2[nH]1)C(C)C. The second kappa shape index (κ2) is 14.0. The van der Waals surface area contributed by atoms with Crippen LogP contribution in [0.4, 0.5) is 4.79 Å². The van der Waals surface area contributed by atoms with E-state index in [0.717, 1.165) is 86.3 Å². The van der Waals surface area contributed by atoms with Crippen LogP contribution in [0, 0.1) is 11.8 Å². The van der Waals surface area contributed by atoms with Crippen molar-refractivity contribution in [3.63, 3.8) is 0 Å². The lowest BCUT2D eigenvalue weighted by Gasteiger charge is -2.43. The first-order valence-corrected chi connectivity index (χ1v) is 18.5. The predicted molar refractivity (Wildman–Crippen MR) is 192 cm³/mol. The zero-order valence-electron chi connectivity index (χ0n) is 30.8. The summed E-state index contributed by atoms with van der Waals surface area (Å²) >= 11 is 0.